The fourth-order valence-electron chi connectivity index (χ4n) is 3.06. The van der Waals surface area contributed by atoms with E-state index in [2.05, 4.69) is 74.2 Å². The van der Waals surface area contributed by atoms with Crippen LogP contribution >= 0.6 is 0 Å². The Bertz CT molecular complexity index is 1010. The van der Waals surface area contributed by atoms with Crippen LogP contribution in [0.5, 0.6) is 0 Å². The van der Waals surface area contributed by atoms with Gasteiger partial charge >= 0.3 is 0 Å². The third kappa shape index (κ3) is 3.57. The van der Waals surface area contributed by atoms with Gasteiger partial charge in [-0.25, -0.2) is 15.0 Å². The highest BCUT2D eigenvalue weighted by Gasteiger charge is 2.05. The van der Waals surface area contributed by atoms with Crippen molar-refractivity contribution in [3.05, 3.63) is 72.9 Å². The standard InChI is InChI=1S/C21H21N5/c1-16-5-2-3-6-19(16)17-7-8-20-18(13-17)14-24-21(25-20)23-9-4-11-26-12-10-22-15-26/h2-3,5-8,10,12-15H,4,9,11H2,1H3,(H,23,24,25). The van der Waals surface area contributed by atoms with Gasteiger partial charge in [-0.05, 0) is 42.2 Å². The molecule has 0 aliphatic carbocycles. The summed E-state index contributed by atoms with van der Waals surface area (Å²) >= 11 is 0. The van der Waals surface area contributed by atoms with Crippen LogP contribution in [0.4, 0.5) is 5.95 Å². The molecular weight excluding hydrogens is 322 g/mol. The van der Waals surface area contributed by atoms with Crippen LogP contribution < -0.4 is 5.32 Å². The minimum atomic E-state index is 0.673. The van der Waals surface area contributed by atoms with Crippen molar-refractivity contribution in [2.24, 2.45) is 0 Å². The third-order valence-corrected chi connectivity index (χ3v) is 4.47. The molecule has 5 heteroatoms. The van der Waals surface area contributed by atoms with Gasteiger partial charge in [-0.15, -0.1) is 0 Å². The second-order valence-corrected chi connectivity index (χ2v) is 6.36. The third-order valence-electron chi connectivity index (χ3n) is 4.47. The lowest BCUT2D eigenvalue weighted by atomic mass is 9.99. The minimum absolute atomic E-state index is 0.673. The van der Waals surface area contributed by atoms with Crippen LogP contribution in [0, 0.1) is 6.92 Å². The zero-order valence-corrected chi connectivity index (χ0v) is 14.8. The van der Waals surface area contributed by atoms with E-state index in [1.807, 2.05) is 18.7 Å². The fourth-order valence-corrected chi connectivity index (χ4v) is 3.06. The molecule has 0 saturated carbocycles. The largest absolute Gasteiger partial charge is 0.354 e. The van der Waals surface area contributed by atoms with Crippen molar-refractivity contribution in [2.45, 2.75) is 19.9 Å². The highest BCUT2D eigenvalue weighted by atomic mass is 15.1. The summed E-state index contributed by atoms with van der Waals surface area (Å²) in [5, 5.41) is 4.35. The van der Waals surface area contributed by atoms with Gasteiger partial charge in [0.2, 0.25) is 5.95 Å². The number of hydrogen-bond donors (Lipinski definition) is 1. The second kappa shape index (κ2) is 7.35. The Balaban J connectivity index is 1.46. The summed E-state index contributed by atoms with van der Waals surface area (Å²) in [6.07, 6.45) is 8.48. The Morgan fingerprint density at radius 3 is 2.88 bits per heavy atom. The zero-order valence-electron chi connectivity index (χ0n) is 14.8. The minimum Gasteiger partial charge on any atom is -0.354 e. The van der Waals surface area contributed by atoms with Crippen LogP contribution in [0.1, 0.15) is 12.0 Å². The molecule has 0 aliphatic heterocycles. The Kier molecular flexibility index (Phi) is 4.60. The number of anilines is 1. The lowest BCUT2D eigenvalue weighted by Gasteiger charge is -2.09. The SMILES string of the molecule is Cc1ccccc1-c1ccc2nc(NCCCn3ccnc3)ncc2c1. The van der Waals surface area contributed by atoms with Crippen LogP contribution in [0.15, 0.2) is 67.4 Å². The summed E-state index contributed by atoms with van der Waals surface area (Å²) in [5.41, 5.74) is 4.66. The molecule has 2 aromatic heterocycles. The Labute approximate surface area is 152 Å². The average Bonchev–Trinajstić information content (AvgIpc) is 3.19. The lowest BCUT2D eigenvalue weighted by Crippen LogP contribution is -2.08. The number of fused-ring (bicyclic) bond motifs is 1. The van der Waals surface area contributed by atoms with Crippen molar-refractivity contribution >= 4 is 16.9 Å². The number of hydrogen-bond acceptors (Lipinski definition) is 4. The van der Waals surface area contributed by atoms with Crippen molar-refractivity contribution in [1.29, 1.82) is 0 Å². The molecule has 4 aromatic rings. The smallest absolute Gasteiger partial charge is 0.223 e. The normalized spacial score (nSPS) is 11.0. The predicted octanol–water partition coefficient (Wildman–Crippen LogP) is 4.30. The fraction of sp³-hybridized carbons (Fsp3) is 0.190. The van der Waals surface area contributed by atoms with Gasteiger partial charge < -0.3 is 9.88 Å². The second-order valence-electron chi connectivity index (χ2n) is 6.36. The molecule has 0 fully saturated rings. The predicted molar refractivity (Wildman–Crippen MR) is 105 cm³/mol. The Morgan fingerprint density at radius 2 is 2.04 bits per heavy atom. The van der Waals surface area contributed by atoms with Gasteiger partial charge in [0.15, 0.2) is 0 Å². The molecule has 0 aliphatic rings. The summed E-state index contributed by atoms with van der Waals surface area (Å²) in [6, 6.07) is 14.8. The van der Waals surface area contributed by atoms with Crippen molar-refractivity contribution in [2.75, 3.05) is 11.9 Å². The number of benzene rings is 2. The first kappa shape index (κ1) is 16.3. The average molecular weight is 343 g/mol. The van der Waals surface area contributed by atoms with Crippen molar-refractivity contribution in [3.8, 4) is 11.1 Å². The van der Waals surface area contributed by atoms with E-state index in [4.69, 9.17) is 0 Å². The van der Waals surface area contributed by atoms with E-state index in [-0.39, 0.29) is 0 Å². The van der Waals surface area contributed by atoms with Crippen LogP contribution in [-0.4, -0.2) is 26.1 Å². The van der Waals surface area contributed by atoms with Crippen molar-refractivity contribution in [1.82, 2.24) is 19.5 Å². The molecule has 0 unspecified atom stereocenters. The van der Waals surface area contributed by atoms with Gasteiger partial charge in [0.05, 0.1) is 11.8 Å². The Morgan fingerprint density at radius 1 is 1.12 bits per heavy atom. The molecule has 130 valence electrons. The van der Waals surface area contributed by atoms with Gasteiger partial charge in [-0.3, -0.25) is 0 Å². The molecule has 0 spiro atoms. The maximum absolute atomic E-state index is 4.63. The molecular formula is C21H21N5. The van der Waals surface area contributed by atoms with Crippen LogP contribution in [-0.2, 0) is 6.54 Å². The van der Waals surface area contributed by atoms with Crippen molar-refractivity contribution in [3.63, 3.8) is 0 Å². The zero-order chi connectivity index (χ0) is 17.8. The summed E-state index contributed by atoms with van der Waals surface area (Å²) in [5.74, 6) is 0.673. The summed E-state index contributed by atoms with van der Waals surface area (Å²) in [7, 11) is 0. The van der Waals surface area contributed by atoms with Crippen molar-refractivity contribution < 1.29 is 0 Å². The summed E-state index contributed by atoms with van der Waals surface area (Å²) in [6.45, 7) is 3.89. The van der Waals surface area contributed by atoms with Crippen LogP contribution in [0.2, 0.25) is 0 Å². The van der Waals surface area contributed by atoms with E-state index in [9.17, 15) is 0 Å². The maximum Gasteiger partial charge on any atom is 0.223 e. The first-order valence-corrected chi connectivity index (χ1v) is 8.82. The first-order valence-electron chi connectivity index (χ1n) is 8.82. The van der Waals surface area contributed by atoms with Gasteiger partial charge in [0.25, 0.3) is 0 Å². The lowest BCUT2D eigenvalue weighted by molar-refractivity contribution is 0.659. The number of nitrogens with one attached hydrogen (secondary N) is 1. The summed E-state index contributed by atoms with van der Waals surface area (Å²) < 4.78 is 2.07. The topological polar surface area (TPSA) is 55.6 Å². The molecule has 0 bridgehead atoms. The first-order chi connectivity index (χ1) is 12.8. The van der Waals surface area contributed by atoms with Gasteiger partial charge in [0, 0.05) is 37.1 Å². The van der Waals surface area contributed by atoms with Gasteiger partial charge in [0.1, 0.15) is 0 Å². The molecule has 2 aromatic carbocycles. The number of aromatic nitrogens is 4. The molecule has 1 N–H and O–H groups in total. The molecule has 0 radical (unpaired) electrons. The van der Waals surface area contributed by atoms with Gasteiger partial charge in [-0.1, -0.05) is 30.3 Å². The quantitative estimate of drug-likeness (QED) is 0.530. The van der Waals surface area contributed by atoms with E-state index >= 15 is 0 Å². The van der Waals surface area contributed by atoms with Gasteiger partial charge in [-0.2, -0.15) is 0 Å². The van der Waals surface area contributed by atoms with E-state index in [1.54, 1.807) is 6.20 Å². The molecule has 0 saturated heterocycles. The van der Waals surface area contributed by atoms with E-state index in [0.717, 1.165) is 30.4 Å². The summed E-state index contributed by atoms with van der Waals surface area (Å²) in [4.78, 5) is 13.1. The van der Waals surface area contributed by atoms with E-state index < -0.39 is 0 Å². The molecule has 5 nitrogen and oxygen atoms in total. The van der Waals surface area contributed by atoms with Crippen LogP contribution in [0.3, 0.4) is 0 Å². The monoisotopic (exact) mass is 343 g/mol. The number of imidazole rings is 1. The number of nitrogens with zero attached hydrogens (tertiary/aromatic N) is 4. The van der Waals surface area contributed by atoms with Crippen LogP contribution in [0.25, 0.3) is 22.0 Å². The Hall–Kier alpha value is -3.21. The van der Waals surface area contributed by atoms with E-state index in [1.165, 1.54) is 16.7 Å². The molecule has 0 atom stereocenters. The number of rotatable bonds is 6. The molecule has 2 heterocycles. The highest BCUT2D eigenvalue weighted by molar-refractivity contribution is 5.85. The molecule has 0 amide bonds. The molecule has 26 heavy (non-hydrogen) atoms. The van der Waals surface area contributed by atoms with E-state index in [0.29, 0.717) is 5.95 Å². The molecule has 4 rings (SSSR count). The highest BCUT2D eigenvalue weighted by Crippen LogP contribution is 2.26. The maximum atomic E-state index is 4.63. The number of aryl methyl sites for hydroxylation is 2.